The summed E-state index contributed by atoms with van der Waals surface area (Å²) in [6.07, 6.45) is 3.70. The van der Waals surface area contributed by atoms with Crippen LogP contribution in [-0.2, 0) is 6.54 Å². The van der Waals surface area contributed by atoms with Crippen molar-refractivity contribution in [3.05, 3.63) is 96.3 Å². The predicted molar refractivity (Wildman–Crippen MR) is 121 cm³/mol. The van der Waals surface area contributed by atoms with Crippen molar-refractivity contribution in [2.45, 2.75) is 6.54 Å². The van der Waals surface area contributed by atoms with E-state index in [2.05, 4.69) is 22.5 Å². The van der Waals surface area contributed by atoms with Crippen molar-refractivity contribution in [1.82, 2.24) is 9.78 Å². The van der Waals surface area contributed by atoms with E-state index in [9.17, 15) is 4.79 Å². The molecule has 0 saturated heterocycles. The Kier molecular flexibility index (Phi) is 5.98. The van der Waals surface area contributed by atoms with Crippen LogP contribution in [0.3, 0.4) is 0 Å². The molecule has 6 nitrogen and oxygen atoms in total. The fourth-order valence-electron chi connectivity index (χ4n) is 3.42. The van der Waals surface area contributed by atoms with Crippen molar-refractivity contribution in [3.63, 3.8) is 0 Å². The molecule has 0 aliphatic heterocycles. The fraction of sp³-hybridized carbons (Fsp3) is 0.120. The number of rotatable bonds is 7. The summed E-state index contributed by atoms with van der Waals surface area (Å²) in [4.78, 5) is 13.0. The third kappa shape index (κ3) is 4.59. The molecule has 0 radical (unpaired) electrons. The van der Waals surface area contributed by atoms with Crippen molar-refractivity contribution in [3.8, 4) is 22.6 Å². The third-order valence-electron chi connectivity index (χ3n) is 4.98. The molecule has 0 aliphatic rings. The van der Waals surface area contributed by atoms with E-state index in [-0.39, 0.29) is 5.91 Å². The van der Waals surface area contributed by atoms with Crippen LogP contribution in [0, 0.1) is 0 Å². The number of carbonyl (C=O) groups is 1. The second-order valence-corrected chi connectivity index (χ2v) is 6.97. The number of ether oxygens (including phenoxy) is 2. The molecular formula is C25H23N3O3. The molecular weight excluding hydrogens is 390 g/mol. The zero-order chi connectivity index (χ0) is 21.6. The lowest BCUT2D eigenvalue weighted by Crippen LogP contribution is -2.13. The quantitative estimate of drug-likeness (QED) is 0.470. The first-order valence-corrected chi connectivity index (χ1v) is 9.87. The minimum Gasteiger partial charge on any atom is -0.493 e. The monoisotopic (exact) mass is 413 g/mol. The van der Waals surface area contributed by atoms with Crippen molar-refractivity contribution in [1.29, 1.82) is 0 Å². The highest BCUT2D eigenvalue weighted by atomic mass is 16.5. The Morgan fingerprint density at radius 3 is 2.42 bits per heavy atom. The average molecular weight is 413 g/mol. The van der Waals surface area contributed by atoms with E-state index in [0.717, 1.165) is 16.7 Å². The summed E-state index contributed by atoms with van der Waals surface area (Å²) in [5, 5.41) is 7.19. The Morgan fingerprint density at radius 2 is 1.71 bits per heavy atom. The van der Waals surface area contributed by atoms with Gasteiger partial charge in [0.05, 0.1) is 20.8 Å². The molecule has 0 bridgehead atoms. The first-order chi connectivity index (χ1) is 15.2. The van der Waals surface area contributed by atoms with Crippen LogP contribution in [0.2, 0.25) is 0 Å². The Balaban J connectivity index is 1.56. The number of anilines is 1. The highest BCUT2D eigenvalue weighted by Crippen LogP contribution is 2.31. The van der Waals surface area contributed by atoms with Gasteiger partial charge in [0.1, 0.15) is 0 Å². The molecule has 4 aromatic rings. The van der Waals surface area contributed by atoms with Gasteiger partial charge in [0.2, 0.25) is 0 Å². The molecule has 0 fully saturated rings. The van der Waals surface area contributed by atoms with Crippen LogP contribution >= 0.6 is 0 Å². The molecule has 0 saturated carbocycles. The molecule has 1 amide bonds. The lowest BCUT2D eigenvalue weighted by atomic mass is 9.98. The number of amides is 1. The van der Waals surface area contributed by atoms with Crippen molar-refractivity contribution in [2.75, 3.05) is 19.5 Å². The first-order valence-electron chi connectivity index (χ1n) is 9.87. The molecule has 0 aliphatic carbocycles. The maximum atomic E-state index is 13.0. The maximum absolute atomic E-state index is 13.0. The summed E-state index contributed by atoms with van der Waals surface area (Å²) in [6, 6.07) is 22.9. The lowest BCUT2D eigenvalue weighted by molar-refractivity contribution is 0.102. The molecule has 31 heavy (non-hydrogen) atoms. The predicted octanol–water partition coefficient (Wildman–Crippen LogP) is 4.87. The molecule has 3 aromatic carbocycles. The number of methoxy groups -OCH3 is 2. The smallest absolute Gasteiger partial charge is 0.256 e. The van der Waals surface area contributed by atoms with Crippen LogP contribution in [0.15, 0.2) is 85.2 Å². The third-order valence-corrected chi connectivity index (χ3v) is 4.98. The average Bonchev–Trinajstić information content (AvgIpc) is 3.32. The second kappa shape index (κ2) is 9.17. The molecule has 1 N–H and O–H groups in total. The standard InChI is InChI=1S/C25H23N3O3/c1-30-23-13-12-20(16-24(23)31-2)27-25(29)22-7-4-3-6-21(22)19-10-8-18(9-11-19)17-28-15-5-14-26-28/h3-16H,17H2,1-2H3,(H,27,29). The summed E-state index contributed by atoms with van der Waals surface area (Å²) in [5.74, 6) is 0.973. The molecule has 0 unspecified atom stereocenters. The Bertz CT molecular complexity index is 1170. The van der Waals surface area contributed by atoms with Gasteiger partial charge in [-0.05, 0) is 41.0 Å². The van der Waals surface area contributed by atoms with Gasteiger partial charge >= 0.3 is 0 Å². The van der Waals surface area contributed by atoms with Crippen LogP contribution in [0.1, 0.15) is 15.9 Å². The fourth-order valence-corrected chi connectivity index (χ4v) is 3.42. The highest BCUT2D eigenvalue weighted by Gasteiger charge is 2.14. The van der Waals surface area contributed by atoms with E-state index in [1.807, 2.05) is 53.3 Å². The zero-order valence-electron chi connectivity index (χ0n) is 17.4. The maximum Gasteiger partial charge on any atom is 0.256 e. The van der Waals surface area contributed by atoms with E-state index in [1.54, 1.807) is 38.6 Å². The Hall–Kier alpha value is -4.06. The van der Waals surface area contributed by atoms with Crippen LogP contribution in [0.25, 0.3) is 11.1 Å². The normalized spacial score (nSPS) is 10.5. The molecule has 1 heterocycles. The van der Waals surface area contributed by atoms with E-state index < -0.39 is 0 Å². The first kappa shape index (κ1) is 20.2. The number of aromatic nitrogens is 2. The van der Waals surface area contributed by atoms with Crippen LogP contribution in [0.5, 0.6) is 11.5 Å². The van der Waals surface area contributed by atoms with Gasteiger partial charge in [-0.2, -0.15) is 5.10 Å². The van der Waals surface area contributed by atoms with E-state index in [0.29, 0.717) is 29.3 Å². The Labute approximate surface area is 181 Å². The van der Waals surface area contributed by atoms with Gasteiger partial charge in [-0.25, -0.2) is 0 Å². The van der Waals surface area contributed by atoms with Crippen LogP contribution in [-0.4, -0.2) is 29.9 Å². The van der Waals surface area contributed by atoms with E-state index in [4.69, 9.17) is 9.47 Å². The summed E-state index contributed by atoms with van der Waals surface area (Å²) in [6.45, 7) is 0.703. The van der Waals surface area contributed by atoms with Gasteiger partial charge in [0.25, 0.3) is 5.91 Å². The molecule has 6 heteroatoms. The van der Waals surface area contributed by atoms with Gasteiger partial charge in [0.15, 0.2) is 11.5 Å². The SMILES string of the molecule is COc1ccc(NC(=O)c2ccccc2-c2ccc(Cn3cccn3)cc2)cc1OC. The van der Waals surface area contributed by atoms with Gasteiger partial charge in [-0.15, -0.1) is 0 Å². The van der Waals surface area contributed by atoms with Gasteiger partial charge < -0.3 is 14.8 Å². The van der Waals surface area contributed by atoms with Gasteiger partial charge in [-0.3, -0.25) is 9.48 Å². The number of hydrogen-bond donors (Lipinski definition) is 1. The molecule has 4 rings (SSSR count). The van der Waals surface area contributed by atoms with Gasteiger partial charge in [-0.1, -0.05) is 42.5 Å². The summed E-state index contributed by atoms with van der Waals surface area (Å²) >= 11 is 0. The number of carbonyl (C=O) groups excluding carboxylic acids is 1. The molecule has 156 valence electrons. The minimum atomic E-state index is -0.191. The van der Waals surface area contributed by atoms with Crippen LogP contribution < -0.4 is 14.8 Å². The van der Waals surface area contributed by atoms with Crippen molar-refractivity contribution in [2.24, 2.45) is 0 Å². The summed E-state index contributed by atoms with van der Waals surface area (Å²) in [5.41, 5.74) is 4.21. The van der Waals surface area contributed by atoms with Gasteiger partial charge in [0, 0.05) is 29.7 Å². The molecule has 1 aromatic heterocycles. The molecule has 0 spiro atoms. The highest BCUT2D eigenvalue weighted by molar-refractivity contribution is 6.08. The molecule has 0 atom stereocenters. The summed E-state index contributed by atoms with van der Waals surface area (Å²) < 4.78 is 12.5. The number of nitrogens with zero attached hydrogens (tertiary/aromatic N) is 2. The lowest BCUT2D eigenvalue weighted by Gasteiger charge is -2.13. The zero-order valence-corrected chi connectivity index (χ0v) is 17.4. The number of benzene rings is 3. The van der Waals surface area contributed by atoms with Crippen molar-refractivity contribution < 1.29 is 14.3 Å². The van der Waals surface area contributed by atoms with E-state index in [1.165, 1.54) is 0 Å². The minimum absolute atomic E-state index is 0.191. The number of hydrogen-bond acceptors (Lipinski definition) is 4. The topological polar surface area (TPSA) is 65.4 Å². The summed E-state index contributed by atoms with van der Waals surface area (Å²) in [7, 11) is 3.14. The van der Waals surface area contributed by atoms with E-state index >= 15 is 0 Å². The Morgan fingerprint density at radius 1 is 0.935 bits per heavy atom. The second-order valence-electron chi connectivity index (χ2n) is 6.97. The number of nitrogens with one attached hydrogen (secondary N) is 1. The largest absolute Gasteiger partial charge is 0.493 e. The van der Waals surface area contributed by atoms with Crippen LogP contribution in [0.4, 0.5) is 5.69 Å². The van der Waals surface area contributed by atoms with Crippen molar-refractivity contribution >= 4 is 11.6 Å².